The van der Waals surface area contributed by atoms with E-state index in [-0.39, 0.29) is 11.8 Å². The summed E-state index contributed by atoms with van der Waals surface area (Å²) in [5, 5.41) is 6.32. The van der Waals surface area contributed by atoms with Gasteiger partial charge in [0.1, 0.15) is 0 Å². The maximum atomic E-state index is 12.5. The summed E-state index contributed by atoms with van der Waals surface area (Å²) in [5.74, 6) is -0.427. The Bertz CT molecular complexity index is 979. The summed E-state index contributed by atoms with van der Waals surface area (Å²) in [6.45, 7) is 1.81. The number of pyridine rings is 1. The third-order valence-electron chi connectivity index (χ3n) is 3.77. The highest BCUT2D eigenvalue weighted by Gasteiger charge is 2.12. The highest BCUT2D eigenvalue weighted by atomic mass is 35.5. The summed E-state index contributed by atoms with van der Waals surface area (Å²) in [7, 11) is 0. The zero-order valence-corrected chi connectivity index (χ0v) is 16.7. The highest BCUT2D eigenvalue weighted by Crippen LogP contribution is 2.34. The molecule has 0 fully saturated rings. The quantitative estimate of drug-likeness (QED) is 0.612. The van der Waals surface area contributed by atoms with Gasteiger partial charge in [-0.2, -0.15) is 0 Å². The number of halogens is 1. The highest BCUT2D eigenvalue weighted by molar-refractivity contribution is 7.99. The molecular weight excluding hydrogens is 394 g/mol. The van der Waals surface area contributed by atoms with Gasteiger partial charge in [0, 0.05) is 46.2 Å². The molecule has 5 nitrogen and oxygen atoms in total. The van der Waals surface area contributed by atoms with Gasteiger partial charge in [0.05, 0.1) is 5.69 Å². The molecule has 3 rings (SSSR count). The number of amides is 2. The van der Waals surface area contributed by atoms with E-state index in [1.165, 1.54) is 18.7 Å². The Morgan fingerprint density at radius 1 is 1.11 bits per heavy atom. The molecule has 1 heterocycles. The predicted octanol–water partition coefficient (Wildman–Crippen LogP) is 4.77. The number of carbonyl (C=O) groups is 2. The first kappa shape index (κ1) is 19.9. The number of benzene rings is 2. The molecule has 0 radical (unpaired) electrons. The topological polar surface area (TPSA) is 71.1 Å². The van der Waals surface area contributed by atoms with Crippen LogP contribution >= 0.6 is 23.4 Å². The summed E-state index contributed by atoms with van der Waals surface area (Å²) < 4.78 is 0. The van der Waals surface area contributed by atoms with Gasteiger partial charge in [-0.15, -0.1) is 0 Å². The first-order valence-corrected chi connectivity index (χ1v) is 9.73. The minimum absolute atomic E-state index is 0.203. The first-order valence-electron chi connectivity index (χ1n) is 8.53. The van der Waals surface area contributed by atoms with Crippen LogP contribution in [-0.4, -0.2) is 16.8 Å². The van der Waals surface area contributed by atoms with Gasteiger partial charge in [0.15, 0.2) is 0 Å². The van der Waals surface area contributed by atoms with Gasteiger partial charge in [-0.1, -0.05) is 29.4 Å². The van der Waals surface area contributed by atoms with Gasteiger partial charge >= 0.3 is 0 Å². The SMILES string of the molecule is CC(=O)Nc1cc(C(=O)NCc2cccnc2)ccc1Sc1ccc(Cl)cc1. The minimum atomic E-state index is -0.224. The van der Waals surface area contributed by atoms with Crippen molar-refractivity contribution >= 4 is 40.9 Å². The lowest BCUT2D eigenvalue weighted by molar-refractivity contribution is -0.114. The van der Waals surface area contributed by atoms with E-state index in [0.29, 0.717) is 22.8 Å². The Hall–Kier alpha value is -2.83. The van der Waals surface area contributed by atoms with Crippen molar-refractivity contribution < 1.29 is 9.59 Å². The molecule has 0 aliphatic heterocycles. The molecule has 0 spiro atoms. The van der Waals surface area contributed by atoms with Crippen molar-refractivity contribution in [2.75, 3.05) is 5.32 Å². The number of anilines is 1. The summed E-state index contributed by atoms with van der Waals surface area (Å²) in [4.78, 5) is 29.9. The summed E-state index contributed by atoms with van der Waals surface area (Å²) >= 11 is 7.41. The van der Waals surface area contributed by atoms with Crippen molar-refractivity contribution in [2.24, 2.45) is 0 Å². The molecule has 1 aromatic heterocycles. The van der Waals surface area contributed by atoms with Crippen LogP contribution in [0.3, 0.4) is 0 Å². The number of hydrogen-bond acceptors (Lipinski definition) is 4. The van der Waals surface area contributed by atoms with E-state index < -0.39 is 0 Å². The Morgan fingerprint density at radius 2 is 1.89 bits per heavy atom. The number of nitrogens with zero attached hydrogens (tertiary/aromatic N) is 1. The average molecular weight is 412 g/mol. The van der Waals surface area contributed by atoms with Crippen molar-refractivity contribution in [3.05, 3.63) is 83.1 Å². The molecule has 0 unspecified atom stereocenters. The molecule has 2 N–H and O–H groups in total. The number of hydrogen-bond donors (Lipinski definition) is 2. The van der Waals surface area contributed by atoms with Gasteiger partial charge in [-0.3, -0.25) is 14.6 Å². The fourth-order valence-corrected chi connectivity index (χ4v) is 3.47. The summed E-state index contributed by atoms with van der Waals surface area (Å²) in [6, 6.07) is 16.4. The van der Waals surface area contributed by atoms with E-state index >= 15 is 0 Å². The monoisotopic (exact) mass is 411 g/mol. The number of rotatable bonds is 6. The smallest absolute Gasteiger partial charge is 0.251 e. The van der Waals surface area contributed by atoms with Crippen LogP contribution in [0, 0.1) is 0 Å². The Morgan fingerprint density at radius 3 is 2.57 bits per heavy atom. The van der Waals surface area contributed by atoms with Gasteiger partial charge in [-0.05, 0) is 54.1 Å². The maximum absolute atomic E-state index is 12.5. The van der Waals surface area contributed by atoms with Crippen LogP contribution in [0.1, 0.15) is 22.8 Å². The molecule has 7 heteroatoms. The summed E-state index contributed by atoms with van der Waals surface area (Å²) in [5.41, 5.74) is 1.96. The van der Waals surface area contributed by atoms with Crippen molar-refractivity contribution in [3.8, 4) is 0 Å². The second-order valence-electron chi connectivity index (χ2n) is 5.99. The molecule has 0 aliphatic carbocycles. The zero-order chi connectivity index (χ0) is 19.9. The Kier molecular flexibility index (Phi) is 6.68. The molecule has 2 aromatic carbocycles. The van der Waals surface area contributed by atoms with Crippen LogP contribution in [0.15, 0.2) is 76.8 Å². The zero-order valence-electron chi connectivity index (χ0n) is 15.1. The standard InChI is InChI=1S/C21H18ClN3O2S/c1-14(26)25-19-11-16(21(27)24-13-15-3-2-10-23-12-15)4-9-20(19)28-18-7-5-17(22)6-8-18/h2-12H,13H2,1H3,(H,24,27)(H,25,26). The van der Waals surface area contributed by atoms with Crippen molar-refractivity contribution in [2.45, 2.75) is 23.3 Å². The fraction of sp³-hybridized carbons (Fsp3) is 0.0952. The average Bonchev–Trinajstić information content (AvgIpc) is 2.69. The van der Waals surface area contributed by atoms with E-state index in [4.69, 9.17) is 11.6 Å². The molecular formula is C21H18ClN3O2S. The van der Waals surface area contributed by atoms with Crippen LogP contribution in [-0.2, 0) is 11.3 Å². The van der Waals surface area contributed by atoms with Crippen LogP contribution in [0.25, 0.3) is 0 Å². The van der Waals surface area contributed by atoms with E-state index in [1.54, 1.807) is 24.5 Å². The van der Waals surface area contributed by atoms with Crippen LogP contribution in [0.4, 0.5) is 5.69 Å². The molecule has 0 aliphatic rings. The van der Waals surface area contributed by atoms with E-state index in [1.807, 2.05) is 42.5 Å². The van der Waals surface area contributed by atoms with Gasteiger partial charge in [0.2, 0.25) is 5.91 Å². The molecule has 142 valence electrons. The Labute approximate surface area is 172 Å². The minimum Gasteiger partial charge on any atom is -0.348 e. The van der Waals surface area contributed by atoms with Gasteiger partial charge in [-0.25, -0.2) is 0 Å². The van der Waals surface area contributed by atoms with E-state index in [2.05, 4.69) is 15.6 Å². The lowest BCUT2D eigenvalue weighted by Crippen LogP contribution is -2.23. The number of carbonyl (C=O) groups excluding carboxylic acids is 2. The lowest BCUT2D eigenvalue weighted by Gasteiger charge is -2.12. The molecule has 0 saturated carbocycles. The molecule has 0 atom stereocenters. The third-order valence-corrected chi connectivity index (χ3v) is 5.11. The second-order valence-corrected chi connectivity index (χ2v) is 7.54. The third kappa shape index (κ3) is 5.58. The number of aromatic nitrogens is 1. The predicted molar refractivity (Wildman–Crippen MR) is 112 cm³/mol. The van der Waals surface area contributed by atoms with Gasteiger partial charge < -0.3 is 10.6 Å². The van der Waals surface area contributed by atoms with E-state index in [9.17, 15) is 9.59 Å². The summed E-state index contributed by atoms with van der Waals surface area (Å²) in [6.07, 6.45) is 3.39. The molecule has 2 amide bonds. The molecule has 3 aromatic rings. The Balaban J connectivity index is 1.78. The van der Waals surface area contributed by atoms with Crippen molar-refractivity contribution in [1.82, 2.24) is 10.3 Å². The second kappa shape index (κ2) is 9.39. The molecule has 0 bridgehead atoms. The van der Waals surface area contributed by atoms with Crippen molar-refractivity contribution in [3.63, 3.8) is 0 Å². The van der Waals surface area contributed by atoms with Crippen LogP contribution in [0.2, 0.25) is 5.02 Å². The maximum Gasteiger partial charge on any atom is 0.251 e. The van der Waals surface area contributed by atoms with Gasteiger partial charge in [0.25, 0.3) is 5.91 Å². The van der Waals surface area contributed by atoms with Crippen LogP contribution in [0.5, 0.6) is 0 Å². The number of nitrogens with one attached hydrogen (secondary N) is 2. The molecule has 0 saturated heterocycles. The fourth-order valence-electron chi connectivity index (χ4n) is 2.46. The lowest BCUT2D eigenvalue weighted by atomic mass is 10.1. The van der Waals surface area contributed by atoms with Crippen molar-refractivity contribution in [1.29, 1.82) is 0 Å². The molecule has 28 heavy (non-hydrogen) atoms. The normalized spacial score (nSPS) is 10.4. The van der Waals surface area contributed by atoms with Crippen LogP contribution < -0.4 is 10.6 Å². The largest absolute Gasteiger partial charge is 0.348 e. The first-order chi connectivity index (χ1) is 13.5. The van der Waals surface area contributed by atoms with E-state index in [0.717, 1.165) is 15.4 Å².